The molecule has 1 aliphatic carbocycles. The molecule has 1 atom stereocenters. The molecule has 15 heavy (non-hydrogen) atoms. The molecule has 2 rings (SSSR count). The van der Waals surface area contributed by atoms with E-state index in [2.05, 4.69) is 5.32 Å². The molecule has 2 fully saturated rings. The van der Waals surface area contributed by atoms with Crippen molar-refractivity contribution in [3.05, 3.63) is 0 Å². The lowest BCUT2D eigenvalue weighted by molar-refractivity contribution is 0.0910. The summed E-state index contributed by atoms with van der Waals surface area (Å²) in [6.07, 6.45) is 5.11. The Labute approximate surface area is 90.6 Å². The van der Waals surface area contributed by atoms with E-state index in [1.54, 1.807) is 4.90 Å². The highest BCUT2D eigenvalue weighted by Crippen LogP contribution is 2.46. The Morgan fingerprint density at radius 3 is 2.53 bits per heavy atom. The van der Waals surface area contributed by atoms with Crippen molar-refractivity contribution in [3.8, 4) is 0 Å². The van der Waals surface area contributed by atoms with Crippen LogP contribution in [0.3, 0.4) is 0 Å². The van der Waals surface area contributed by atoms with E-state index in [0.29, 0.717) is 11.5 Å². The SMILES string of the molecule is CNC1CCC2(CCN(C(=O)O)CC2)C1. The van der Waals surface area contributed by atoms with Crippen molar-refractivity contribution < 1.29 is 9.90 Å². The van der Waals surface area contributed by atoms with Gasteiger partial charge < -0.3 is 15.3 Å². The minimum atomic E-state index is -0.756. The molecular weight excluding hydrogens is 192 g/mol. The molecular formula is C11H20N2O2. The van der Waals surface area contributed by atoms with Crippen LogP contribution in [0.25, 0.3) is 0 Å². The first kappa shape index (κ1) is 10.7. The van der Waals surface area contributed by atoms with E-state index in [-0.39, 0.29) is 0 Å². The smallest absolute Gasteiger partial charge is 0.407 e. The van der Waals surface area contributed by atoms with Crippen molar-refractivity contribution in [2.45, 2.75) is 38.1 Å². The summed E-state index contributed by atoms with van der Waals surface area (Å²) in [6, 6.07) is 0.654. The molecule has 1 unspecified atom stereocenters. The molecule has 0 radical (unpaired) electrons. The molecule has 0 bridgehead atoms. The van der Waals surface area contributed by atoms with Crippen LogP contribution < -0.4 is 5.32 Å². The lowest BCUT2D eigenvalue weighted by Crippen LogP contribution is -2.42. The highest BCUT2D eigenvalue weighted by atomic mass is 16.4. The summed E-state index contributed by atoms with van der Waals surface area (Å²) < 4.78 is 0. The number of amides is 1. The Bertz CT molecular complexity index is 247. The molecule has 0 aromatic rings. The third-order valence-corrected chi connectivity index (χ3v) is 4.21. The molecule has 4 heteroatoms. The van der Waals surface area contributed by atoms with Gasteiger partial charge in [-0.3, -0.25) is 0 Å². The lowest BCUT2D eigenvalue weighted by atomic mass is 9.77. The molecule has 0 aromatic carbocycles. The van der Waals surface area contributed by atoms with Crippen molar-refractivity contribution in [1.82, 2.24) is 10.2 Å². The number of nitrogens with zero attached hydrogens (tertiary/aromatic N) is 1. The number of rotatable bonds is 1. The van der Waals surface area contributed by atoms with Crippen molar-refractivity contribution >= 4 is 6.09 Å². The van der Waals surface area contributed by atoms with E-state index in [4.69, 9.17) is 5.11 Å². The molecule has 1 heterocycles. The molecule has 1 aliphatic heterocycles. The van der Waals surface area contributed by atoms with Gasteiger partial charge in [0.1, 0.15) is 0 Å². The molecule has 2 N–H and O–H groups in total. The summed E-state index contributed by atoms with van der Waals surface area (Å²) in [5, 5.41) is 12.2. The van der Waals surface area contributed by atoms with Crippen LogP contribution in [-0.2, 0) is 0 Å². The second-order valence-electron chi connectivity index (χ2n) is 5.00. The maximum absolute atomic E-state index is 10.8. The highest BCUT2D eigenvalue weighted by Gasteiger charge is 2.41. The summed E-state index contributed by atoms with van der Waals surface area (Å²) in [5.41, 5.74) is 0.444. The Balaban J connectivity index is 1.90. The summed E-state index contributed by atoms with van der Waals surface area (Å²) in [5.74, 6) is 0. The summed E-state index contributed by atoms with van der Waals surface area (Å²) >= 11 is 0. The fourth-order valence-corrected chi connectivity index (χ4v) is 3.08. The number of hydrogen-bond acceptors (Lipinski definition) is 2. The zero-order valence-electron chi connectivity index (χ0n) is 9.33. The summed E-state index contributed by atoms with van der Waals surface area (Å²) in [7, 11) is 2.02. The lowest BCUT2D eigenvalue weighted by Gasteiger charge is -2.38. The van der Waals surface area contributed by atoms with Gasteiger partial charge in [0.2, 0.25) is 0 Å². The van der Waals surface area contributed by atoms with Crippen LogP contribution in [0.15, 0.2) is 0 Å². The van der Waals surface area contributed by atoms with Crippen LogP contribution in [0.2, 0.25) is 0 Å². The number of likely N-dealkylation sites (tertiary alicyclic amines) is 1. The van der Waals surface area contributed by atoms with Gasteiger partial charge in [0.25, 0.3) is 0 Å². The minimum absolute atomic E-state index is 0.444. The first-order valence-corrected chi connectivity index (χ1v) is 5.80. The van der Waals surface area contributed by atoms with E-state index in [9.17, 15) is 4.79 Å². The molecule has 1 saturated heterocycles. The molecule has 1 spiro atoms. The molecule has 86 valence electrons. The van der Waals surface area contributed by atoms with Crippen molar-refractivity contribution in [3.63, 3.8) is 0 Å². The zero-order valence-corrected chi connectivity index (χ0v) is 9.33. The second-order valence-corrected chi connectivity index (χ2v) is 5.00. The number of piperidine rings is 1. The van der Waals surface area contributed by atoms with Gasteiger partial charge >= 0.3 is 6.09 Å². The Kier molecular flexibility index (Phi) is 2.87. The molecule has 4 nitrogen and oxygen atoms in total. The zero-order chi connectivity index (χ0) is 10.9. The van der Waals surface area contributed by atoms with Gasteiger partial charge in [0.05, 0.1) is 0 Å². The Hall–Kier alpha value is -0.770. The third-order valence-electron chi connectivity index (χ3n) is 4.21. The van der Waals surface area contributed by atoms with Gasteiger partial charge in [-0.25, -0.2) is 4.79 Å². The summed E-state index contributed by atoms with van der Waals surface area (Å²) in [4.78, 5) is 12.3. The Morgan fingerprint density at radius 1 is 1.40 bits per heavy atom. The van der Waals surface area contributed by atoms with Crippen LogP contribution in [0.4, 0.5) is 4.79 Å². The van der Waals surface area contributed by atoms with Crippen molar-refractivity contribution in [1.29, 1.82) is 0 Å². The molecule has 2 aliphatic rings. The topological polar surface area (TPSA) is 52.6 Å². The normalized spacial score (nSPS) is 29.7. The first-order chi connectivity index (χ1) is 7.15. The van der Waals surface area contributed by atoms with Crippen LogP contribution in [-0.4, -0.2) is 42.3 Å². The average molecular weight is 212 g/mol. The van der Waals surface area contributed by atoms with Gasteiger partial charge in [-0.2, -0.15) is 0 Å². The largest absolute Gasteiger partial charge is 0.465 e. The van der Waals surface area contributed by atoms with E-state index in [1.165, 1.54) is 19.3 Å². The van der Waals surface area contributed by atoms with Crippen LogP contribution in [0, 0.1) is 5.41 Å². The van der Waals surface area contributed by atoms with Gasteiger partial charge in [-0.05, 0) is 44.6 Å². The molecule has 1 amide bonds. The Morgan fingerprint density at radius 2 is 2.07 bits per heavy atom. The number of hydrogen-bond donors (Lipinski definition) is 2. The molecule has 0 aromatic heterocycles. The van der Waals surface area contributed by atoms with E-state index >= 15 is 0 Å². The van der Waals surface area contributed by atoms with Gasteiger partial charge in [-0.15, -0.1) is 0 Å². The first-order valence-electron chi connectivity index (χ1n) is 5.80. The van der Waals surface area contributed by atoms with Gasteiger partial charge in [0.15, 0.2) is 0 Å². The van der Waals surface area contributed by atoms with Gasteiger partial charge in [-0.1, -0.05) is 0 Å². The van der Waals surface area contributed by atoms with Crippen molar-refractivity contribution in [2.24, 2.45) is 5.41 Å². The van der Waals surface area contributed by atoms with Crippen LogP contribution in [0.1, 0.15) is 32.1 Å². The maximum Gasteiger partial charge on any atom is 0.407 e. The predicted octanol–water partition coefficient (Wildman–Crippen LogP) is 1.52. The quantitative estimate of drug-likeness (QED) is 0.693. The minimum Gasteiger partial charge on any atom is -0.465 e. The van der Waals surface area contributed by atoms with Crippen molar-refractivity contribution in [2.75, 3.05) is 20.1 Å². The maximum atomic E-state index is 10.8. The summed E-state index contributed by atoms with van der Waals surface area (Å²) in [6.45, 7) is 1.46. The monoisotopic (exact) mass is 212 g/mol. The van der Waals surface area contributed by atoms with Crippen LogP contribution in [0.5, 0.6) is 0 Å². The highest BCUT2D eigenvalue weighted by molar-refractivity contribution is 5.65. The van der Waals surface area contributed by atoms with Crippen LogP contribution >= 0.6 is 0 Å². The average Bonchev–Trinajstić information content (AvgIpc) is 2.62. The predicted molar refractivity (Wildman–Crippen MR) is 58.0 cm³/mol. The molecule has 1 saturated carbocycles. The van der Waals surface area contributed by atoms with Gasteiger partial charge in [0, 0.05) is 19.1 Å². The second kappa shape index (κ2) is 4.00. The van der Waals surface area contributed by atoms with E-state index in [0.717, 1.165) is 25.9 Å². The number of carboxylic acid groups (broad SMARTS) is 1. The third kappa shape index (κ3) is 2.09. The number of carbonyl (C=O) groups is 1. The van der Waals surface area contributed by atoms with E-state index < -0.39 is 6.09 Å². The number of nitrogens with one attached hydrogen (secondary N) is 1. The fourth-order valence-electron chi connectivity index (χ4n) is 3.08. The standard InChI is InChI=1S/C11H20N2O2/c1-12-9-2-3-11(8-9)4-6-13(7-5-11)10(14)15/h9,12H,2-8H2,1H3,(H,14,15). The van der Waals surface area contributed by atoms with E-state index in [1.807, 2.05) is 7.05 Å². The fraction of sp³-hybridized carbons (Fsp3) is 0.909.